The number of benzene rings is 4. The van der Waals surface area contributed by atoms with E-state index in [-0.39, 0.29) is 33.5 Å². The molecule has 322 valence electrons. The molecule has 6 saturated heterocycles. The Morgan fingerprint density at radius 2 is 0.918 bits per heavy atom. The molecule has 6 atom stereocenters. The molecule has 6 aliphatic heterocycles. The molecule has 15 heteroatoms. The van der Waals surface area contributed by atoms with Crippen LogP contribution in [-0.4, -0.2) is 129 Å². The van der Waals surface area contributed by atoms with Crippen LogP contribution in [0.5, 0.6) is 11.5 Å². The Hall–Kier alpha value is -3.83. The monoisotopic (exact) mass is 900 g/mol. The van der Waals surface area contributed by atoms with Crippen LogP contribution >= 0.6 is 47.0 Å². The first kappa shape index (κ1) is 43.8. The van der Waals surface area contributed by atoms with Crippen LogP contribution in [0.4, 0.5) is 0 Å². The highest BCUT2D eigenvalue weighted by atomic mass is 32.2. The number of piperazine rings is 2. The summed E-state index contributed by atoms with van der Waals surface area (Å²) in [6.07, 6.45) is 2.62. The largest absolute Gasteiger partial charge is 0.497 e. The second-order valence-corrected chi connectivity index (χ2v) is 22.4. The fourth-order valence-electron chi connectivity index (χ4n) is 8.86. The Morgan fingerprint density at radius 1 is 0.525 bits per heavy atom. The summed E-state index contributed by atoms with van der Waals surface area (Å²) in [7, 11) is 10.4. The Kier molecular flexibility index (Phi) is 12.2. The minimum absolute atomic E-state index is 0.0776. The van der Waals surface area contributed by atoms with E-state index >= 15 is 0 Å². The van der Waals surface area contributed by atoms with E-state index in [2.05, 4.69) is 48.5 Å². The number of aliphatic hydroxyl groups excluding tert-OH is 2. The van der Waals surface area contributed by atoms with Crippen LogP contribution in [0.2, 0.25) is 0 Å². The van der Waals surface area contributed by atoms with Crippen molar-refractivity contribution in [3.8, 4) is 11.5 Å². The molecule has 3 amide bonds. The molecular formula is C46H52N4O7S4. The second-order valence-electron chi connectivity index (χ2n) is 16.2. The van der Waals surface area contributed by atoms with Crippen molar-refractivity contribution in [2.24, 2.45) is 0 Å². The first-order valence-corrected chi connectivity index (χ1v) is 23.7. The zero-order chi connectivity index (χ0) is 43.3. The molecule has 0 spiro atoms. The number of likely N-dealkylation sites (N-methyl/N-ethyl adjacent to an activating group) is 4. The van der Waals surface area contributed by atoms with E-state index in [1.54, 1.807) is 45.0 Å². The molecule has 4 aromatic carbocycles. The highest BCUT2D eigenvalue weighted by Crippen LogP contribution is 2.62. The number of hydrogen-bond donors (Lipinski definition) is 2. The molecule has 6 fully saturated rings. The predicted octanol–water partition coefficient (Wildman–Crippen LogP) is 6.04. The normalized spacial score (nSPS) is 28.9. The molecule has 0 radical (unpaired) electrons. The van der Waals surface area contributed by atoms with Gasteiger partial charge in [-0.1, -0.05) is 72.8 Å². The number of hydrogen-bond acceptors (Lipinski definition) is 12. The fraction of sp³-hybridized carbons (Fsp3) is 0.413. The number of thioether (sulfide) groups is 4. The number of carbonyl (C=O) groups excluding carboxylic acids is 3. The molecule has 11 nitrogen and oxygen atoms in total. The van der Waals surface area contributed by atoms with Crippen LogP contribution in [0, 0.1) is 0 Å². The number of fused-ring (bicyclic) bond motifs is 8. The van der Waals surface area contributed by atoms with Crippen LogP contribution in [0.3, 0.4) is 0 Å². The molecular weight excluding hydrogens is 849 g/mol. The van der Waals surface area contributed by atoms with Crippen molar-refractivity contribution in [3.05, 3.63) is 130 Å². The zero-order valence-electron chi connectivity index (χ0n) is 35.2. The Labute approximate surface area is 374 Å². The summed E-state index contributed by atoms with van der Waals surface area (Å²) in [5, 5.41) is 21.3. The molecule has 6 unspecified atom stereocenters. The van der Waals surface area contributed by atoms with Crippen molar-refractivity contribution in [2.75, 3.05) is 62.2 Å². The predicted molar refractivity (Wildman–Crippen MR) is 246 cm³/mol. The van der Waals surface area contributed by atoms with Gasteiger partial charge in [0.15, 0.2) is 14.6 Å². The number of ether oxygens (including phenoxy) is 2. The number of rotatable bonds is 13. The molecule has 0 aliphatic carbocycles. The fourth-order valence-corrected chi connectivity index (χ4v) is 16.4. The lowest BCUT2D eigenvalue weighted by atomic mass is 9.95. The summed E-state index contributed by atoms with van der Waals surface area (Å²) in [4.78, 5) is 45.2. The van der Waals surface area contributed by atoms with E-state index in [1.807, 2.05) is 72.4 Å². The van der Waals surface area contributed by atoms with E-state index in [9.17, 15) is 24.6 Å². The van der Waals surface area contributed by atoms with E-state index in [1.165, 1.54) is 45.7 Å². The van der Waals surface area contributed by atoms with Crippen LogP contribution in [0.15, 0.2) is 97.1 Å². The van der Waals surface area contributed by atoms with Crippen molar-refractivity contribution >= 4 is 64.8 Å². The first-order chi connectivity index (χ1) is 29.3. The summed E-state index contributed by atoms with van der Waals surface area (Å²) in [6, 6.07) is 32.7. The summed E-state index contributed by atoms with van der Waals surface area (Å²) < 4.78 is 10.4. The van der Waals surface area contributed by atoms with E-state index in [0.717, 1.165) is 46.4 Å². The maximum Gasteiger partial charge on any atom is 0.262 e. The summed E-state index contributed by atoms with van der Waals surface area (Å²) in [5.74, 6) is 0.923. The molecule has 4 aromatic rings. The van der Waals surface area contributed by atoms with Gasteiger partial charge in [-0.15, -0.1) is 47.0 Å². The van der Waals surface area contributed by atoms with Crippen LogP contribution < -0.4 is 9.47 Å². The molecule has 10 rings (SSSR count). The van der Waals surface area contributed by atoms with Gasteiger partial charge in [-0.25, -0.2) is 0 Å². The summed E-state index contributed by atoms with van der Waals surface area (Å²) in [5.41, 5.74) is 6.45. The average Bonchev–Trinajstić information content (AvgIpc) is 3.57. The van der Waals surface area contributed by atoms with Crippen LogP contribution in [-0.2, 0) is 40.1 Å². The number of amides is 3. The zero-order valence-corrected chi connectivity index (χ0v) is 38.5. The average molecular weight is 901 g/mol. The summed E-state index contributed by atoms with van der Waals surface area (Å²) in [6.45, 7) is -0.151. The third-order valence-corrected chi connectivity index (χ3v) is 19.9. The molecule has 2 N–H and O–H groups in total. The highest BCUT2D eigenvalue weighted by molar-refractivity contribution is 8.19. The molecule has 61 heavy (non-hydrogen) atoms. The topological polar surface area (TPSA) is 123 Å². The number of aryl methyl sites for hydroxylation is 2. The minimum atomic E-state index is -1.42. The molecule has 0 saturated carbocycles. The van der Waals surface area contributed by atoms with Gasteiger partial charge >= 0.3 is 0 Å². The van der Waals surface area contributed by atoms with Crippen molar-refractivity contribution in [2.45, 2.75) is 54.3 Å². The molecule has 6 heterocycles. The molecule has 6 aliphatic rings. The summed E-state index contributed by atoms with van der Waals surface area (Å²) >= 11 is 6.07. The van der Waals surface area contributed by atoms with Gasteiger partial charge in [-0.3, -0.25) is 19.3 Å². The van der Waals surface area contributed by atoms with Gasteiger partial charge in [0.1, 0.15) is 16.4 Å². The van der Waals surface area contributed by atoms with Gasteiger partial charge in [0.05, 0.1) is 36.6 Å². The van der Waals surface area contributed by atoms with Gasteiger partial charge in [0, 0.05) is 40.5 Å². The maximum atomic E-state index is 14.3. The Morgan fingerprint density at radius 3 is 1.41 bits per heavy atom. The Bertz CT molecular complexity index is 2270. The van der Waals surface area contributed by atoms with E-state index in [0.29, 0.717) is 25.1 Å². The molecule has 4 bridgehead atoms. The molecule has 0 aromatic heterocycles. The van der Waals surface area contributed by atoms with Gasteiger partial charge in [-0.05, 0) is 77.5 Å². The van der Waals surface area contributed by atoms with Crippen LogP contribution in [0.25, 0.3) is 0 Å². The SMILES string of the molecule is COc1ccc(C2SC3(Cc4ccc(CCc5ccc(CC67SC(c8ccc(OC)cc8)SC(CO)(C(=O)N6C)N(C)C7=O)cc5)cc4)CN(C)C(CO)(S2)C(=O)N3C)cc1. The standard InChI is InChI=1S/C46H52N4O7S4/c1-47-27-43(48(2)41(54)45(47,28-51)60-38(58-43)34-17-21-36(56-5)22-18-34)25-32-13-9-30(10-14-32)7-8-31-11-15-33(16-12-31)26-44-40(53)50(4)46(29-52,42(55)49(44)3)61-39(59-44)35-19-23-37(57-6)24-20-35/h9-24,38-39,51-52H,7-8,25-29H2,1-6H3. The number of carbonyl (C=O) groups is 3. The number of nitrogens with zero attached hydrogens (tertiary/aromatic N) is 4. The van der Waals surface area contributed by atoms with E-state index in [4.69, 9.17) is 9.47 Å². The van der Waals surface area contributed by atoms with Gasteiger partial charge in [-0.2, -0.15) is 0 Å². The first-order valence-electron chi connectivity index (χ1n) is 20.2. The third-order valence-electron chi connectivity index (χ3n) is 12.8. The lowest BCUT2D eigenvalue weighted by Gasteiger charge is -2.52. The van der Waals surface area contributed by atoms with Gasteiger partial charge < -0.3 is 34.4 Å². The Balaban J connectivity index is 0.961. The maximum absolute atomic E-state index is 14.3. The number of aliphatic hydroxyl groups is 2. The van der Waals surface area contributed by atoms with Gasteiger partial charge in [0.2, 0.25) is 0 Å². The van der Waals surface area contributed by atoms with Gasteiger partial charge in [0.25, 0.3) is 17.7 Å². The van der Waals surface area contributed by atoms with Crippen molar-refractivity contribution in [3.63, 3.8) is 0 Å². The second kappa shape index (κ2) is 17.0. The van der Waals surface area contributed by atoms with E-state index < -0.39 is 26.1 Å². The minimum Gasteiger partial charge on any atom is -0.497 e. The highest BCUT2D eigenvalue weighted by Gasteiger charge is 2.66. The van der Waals surface area contributed by atoms with Crippen LogP contribution in [0.1, 0.15) is 42.5 Å². The van der Waals surface area contributed by atoms with Crippen molar-refractivity contribution in [1.82, 2.24) is 19.6 Å². The quantitative estimate of drug-likeness (QED) is 0.163. The lowest BCUT2D eigenvalue weighted by molar-refractivity contribution is -0.164. The van der Waals surface area contributed by atoms with Crippen molar-refractivity contribution < 1.29 is 34.1 Å². The number of methoxy groups -OCH3 is 2. The third kappa shape index (κ3) is 7.51. The van der Waals surface area contributed by atoms with Crippen molar-refractivity contribution in [1.29, 1.82) is 0 Å². The smallest absolute Gasteiger partial charge is 0.262 e. The lowest BCUT2D eigenvalue weighted by Crippen LogP contribution is -2.73.